The topological polar surface area (TPSA) is 135 Å². The first-order valence-corrected chi connectivity index (χ1v) is 2.85. The van der Waals surface area contributed by atoms with Crippen molar-refractivity contribution < 1.29 is 0 Å². The number of hydrogen-bond acceptors (Lipinski definition) is 2. The predicted molar refractivity (Wildman–Crippen MR) is 35.1 cm³/mol. The van der Waals surface area contributed by atoms with Crippen molar-refractivity contribution in [3.63, 3.8) is 0 Å². The van der Waals surface area contributed by atoms with Gasteiger partial charge in [-0.25, -0.2) is 0 Å². The zero-order valence-corrected chi connectivity index (χ0v) is 6.23. The van der Waals surface area contributed by atoms with Crippen LogP contribution in [0.3, 0.4) is 0 Å². The molecule has 0 spiro atoms. The van der Waals surface area contributed by atoms with Gasteiger partial charge < -0.3 is 0 Å². The average molecular weight is 170 g/mol. The van der Waals surface area contributed by atoms with E-state index in [1.807, 2.05) is 0 Å². The molecule has 0 saturated heterocycles. The smallest absolute Gasteiger partial charge is 0.0593 e. The van der Waals surface area contributed by atoms with Gasteiger partial charge in [0, 0.05) is 0 Å². The molecule has 0 aliphatic carbocycles. The third kappa shape index (κ3) is 8.00. The second-order valence-corrected chi connectivity index (χ2v) is 1.18. The highest BCUT2D eigenvalue weighted by Gasteiger charge is 1.67. The van der Waals surface area contributed by atoms with Crippen LogP contribution in [0.5, 0.6) is 0 Å². The van der Waals surface area contributed by atoms with E-state index in [0.29, 0.717) is 6.54 Å². The molecule has 0 bridgehead atoms. The van der Waals surface area contributed by atoms with E-state index >= 15 is 0 Å². The van der Waals surface area contributed by atoms with Gasteiger partial charge in [-0.1, -0.05) is 0 Å². The normalized spacial score (nSPS) is 12.8. The largest absolute Gasteiger partial charge is 0.183 e. The van der Waals surface area contributed by atoms with E-state index in [2.05, 4.69) is 46.9 Å². The van der Waals surface area contributed by atoms with Crippen LogP contribution < -0.4 is 0 Å². The quantitative estimate of drug-likeness (QED) is 0.479. The molecule has 0 heterocycles. The molecule has 1 N–H and O–H groups in total. The van der Waals surface area contributed by atoms with Gasteiger partial charge in [0.15, 0.2) is 0 Å². The van der Waals surface area contributed by atoms with E-state index in [1.54, 1.807) is 6.92 Å². The van der Waals surface area contributed by atoms with Gasteiger partial charge in [0.2, 0.25) is 0 Å². The standard InChI is InChI=1S/C2H6N10/c1-2-4-6-8-10-12-11-9-7-5-3/h3H,2H2,1H3. The van der Waals surface area contributed by atoms with E-state index in [0.717, 1.165) is 0 Å². The van der Waals surface area contributed by atoms with Crippen LogP contribution in [0.15, 0.2) is 46.9 Å². The summed E-state index contributed by atoms with van der Waals surface area (Å²) in [5.74, 6) is 0. The summed E-state index contributed by atoms with van der Waals surface area (Å²) < 4.78 is 0. The van der Waals surface area contributed by atoms with Crippen LogP contribution in [-0.2, 0) is 0 Å². The molecule has 0 rings (SSSR count). The summed E-state index contributed by atoms with van der Waals surface area (Å²) in [5.41, 5.74) is 6.15. The summed E-state index contributed by atoms with van der Waals surface area (Å²) in [7, 11) is 0. The maximum absolute atomic E-state index is 6.15. The lowest BCUT2D eigenvalue weighted by molar-refractivity contribution is 0.762. The van der Waals surface area contributed by atoms with E-state index < -0.39 is 0 Å². The molecule has 0 aromatic rings. The molecule has 0 aliphatic heterocycles. The Kier molecular flexibility index (Phi) is 7.50. The van der Waals surface area contributed by atoms with Crippen molar-refractivity contribution in [2.45, 2.75) is 6.92 Å². The van der Waals surface area contributed by atoms with Crippen LogP contribution in [0, 0.1) is 5.53 Å². The molecule has 0 radical (unpaired) electrons. The lowest BCUT2D eigenvalue weighted by Gasteiger charge is -1.70. The zero-order chi connectivity index (χ0) is 9.07. The molecule has 12 heavy (non-hydrogen) atoms. The molecule has 0 atom stereocenters. The Balaban J connectivity index is 3.58. The minimum absolute atomic E-state index is 0.521. The Morgan fingerprint density at radius 2 is 1.33 bits per heavy atom. The molecule has 0 unspecified atom stereocenters. The summed E-state index contributed by atoms with van der Waals surface area (Å²) in [6.07, 6.45) is 0. The summed E-state index contributed by atoms with van der Waals surface area (Å²) in [6.45, 7) is 2.32. The predicted octanol–water partition coefficient (Wildman–Crippen LogP) is 2.51. The van der Waals surface area contributed by atoms with E-state index in [9.17, 15) is 0 Å². The van der Waals surface area contributed by atoms with Crippen LogP contribution in [0.4, 0.5) is 0 Å². The van der Waals surface area contributed by atoms with Crippen LogP contribution in [0.1, 0.15) is 6.92 Å². The summed E-state index contributed by atoms with van der Waals surface area (Å²) in [4.78, 5) is 0. The Labute approximate surface area is 67.0 Å². The van der Waals surface area contributed by atoms with E-state index in [-0.39, 0.29) is 0 Å². The van der Waals surface area contributed by atoms with Gasteiger partial charge in [-0.15, -0.1) is 0 Å². The summed E-state index contributed by atoms with van der Waals surface area (Å²) in [6, 6.07) is 0. The molecule has 0 saturated carbocycles. The molecular weight excluding hydrogens is 164 g/mol. The van der Waals surface area contributed by atoms with Crippen LogP contribution >= 0.6 is 0 Å². The van der Waals surface area contributed by atoms with Crippen molar-refractivity contribution in [2.24, 2.45) is 46.9 Å². The molecule has 0 amide bonds. The summed E-state index contributed by atoms with van der Waals surface area (Å²) in [5, 5.41) is 27.0. The minimum atomic E-state index is 0.521. The fourth-order valence-corrected chi connectivity index (χ4v) is 0.201. The average Bonchev–Trinajstić information content (AvgIpc) is 2.10. The first-order valence-electron chi connectivity index (χ1n) is 2.85. The molecule has 64 valence electrons. The van der Waals surface area contributed by atoms with Gasteiger partial charge >= 0.3 is 0 Å². The van der Waals surface area contributed by atoms with Crippen LogP contribution in [0.2, 0.25) is 0 Å². The van der Waals surface area contributed by atoms with Crippen LogP contribution in [0.25, 0.3) is 0 Å². The molecule has 10 heteroatoms. The second-order valence-electron chi connectivity index (χ2n) is 1.18. The number of rotatable bonds is 5. The van der Waals surface area contributed by atoms with E-state index in [1.165, 1.54) is 0 Å². The molecule has 0 aromatic carbocycles. The SMILES string of the molecule is CCN=NN=NN=NN=NN=N. The molecule has 0 aliphatic rings. The fraction of sp³-hybridized carbons (Fsp3) is 1.00. The van der Waals surface area contributed by atoms with Gasteiger partial charge in [0.25, 0.3) is 0 Å². The highest BCUT2D eigenvalue weighted by atomic mass is 15.7. The first kappa shape index (κ1) is 10.0. The Bertz CT molecular complexity index is 210. The van der Waals surface area contributed by atoms with Gasteiger partial charge in [-0.2, -0.15) is 10.6 Å². The molecule has 0 fully saturated rings. The number of nitrogens with zero attached hydrogens (tertiary/aromatic N) is 9. The molecular formula is C2H6N10. The minimum Gasteiger partial charge on any atom is -0.183 e. The Morgan fingerprint density at radius 3 is 1.83 bits per heavy atom. The highest BCUT2D eigenvalue weighted by molar-refractivity contribution is 4.18. The first-order chi connectivity index (χ1) is 5.91. The van der Waals surface area contributed by atoms with Crippen molar-refractivity contribution in [1.82, 2.24) is 0 Å². The highest BCUT2D eigenvalue weighted by Crippen LogP contribution is 1.85. The van der Waals surface area contributed by atoms with E-state index in [4.69, 9.17) is 5.53 Å². The molecule has 10 nitrogen and oxygen atoms in total. The third-order valence-electron chi connectivity index (χ3n) is 0.489. The van der Waals surface area contributed by atoms with Crippen LogP contribution in [-0.4, -0.2) is 6.54 Å². The number of nitrogens with one attached hydrogen (secondary N) is 1. The fourth-order valence-electron chi connectivity index (χ4n) is 0.201. The maximum atomic E-state index is 6.15. The van der Waals surface area contributed by atoms with Gasteiger partial charge in [-0.3, -0.25) is 0 Å². The number of hydrogen-bond donors (Lipinski definition) is 1. The van der Waals surface area contributed by atoms with Crippen molar-refractivity contribution >= 4 is 0 Å². The van der Waals surface area contributed by atoms with Crippen molar-refractivity contribution in [3.05, 3.63) is 0 Å². The van der Waals surface area contributed by atoms with Crippen molar-refractivity contribution in [2.75, 3.05) is 6.54 Å². The van der Waals surface area contributed by atoms with Gasteiger partial charge in [-0.05, 0) is 48.7 Å². The maximum Gasteiger partial charge on any atom is 0.0593 e. The zero-order valence-electron chi connectivity index (χ0n) is 6.23. The monoisotopic (exact) mass is 170 g/mol. The van der Waals surface area contributed by atoms with Gasteiger partial charge in [0.05, 0.1) is 6.54 Å². The lowest BCUT2D eigenvalue weighted by Crippen LogP contribution is -1.58. The third-order valence-corrected chi connectivity index (χ3v) is 0.489. The Hall–Kier alpha value is -2.00. The Morgan fingerprint density at radius 1 is 0.833 bits per heavy atom. The lowest BCUT2D eigenvalue weighted by atomic mass is 10.8. The van der Waals surface area contributed by atoms with Gasteiger partial charge in [0.1, 0.15) is 0 Å². The van der Waals surface area contributed by atoms with Crippen molar-refractivity contribution in [3.8, 4) is 0 Å². The van der Waals surface area contributed by atoms with Crippen molar-refractivity contribution in [1.29, 1.82) is 5.53 Å². The molecule has 0 aromatic heterocycles. The summed E-state index contributed by atoms with van der Waals surface area (Å²) >= 11 is 0. The second kappa shape index (κ2) is 9.00.